The topological polar surface area (TPSA) is 80.8 Å². The number of aromatic nitrogens is 7. The summed E-state index contributed by atoms with van der Waals surface area (Å²) in [6.45, 7) is 6.89. The molecule has 3 aromatic heterocycles. The Balaban J connectivity index is 1.02. The number of benzene rings is 3. The van der Waals surface area contributed by atoms with Gasteiger partial charge in [0.2, 0.25) is 0 Å². The number of piperidine rings is 2. The van der Waals surface area contributed by atoms with E-state index in [1.807, 2.05) is 9.36 Å². The predicted octanol–water partition coefficient (Wildman–Crippen LogP) is 8.02. The van der Waals surface area contributed by atoms with Crippen LogP contribution in [-0.4, -0.2) is 90.3 Å². The number of pyridine rings is 1. The van der Waals surface area contributed by atoms with Gasteiger partial charge in [0.15, 0.2) is 0 Å². The highest BCUT2D eigenvalue weighted by atomic mass is 32.2. The van der Waals surface area contributed by atoms with E-state index < -0.39 is 0 Å². The molecule has 0 atom stereocenters. The van der Waals surface area contributed by atoms with Gasteiger partial charge in [-0.3, -0.25) is 0 Å². The minimum absolute atomic E-state index is 0.924. The van der Waals surface area contributed by atoms with Gasteiger partial charge in [0.25, 0.3) is 0 Å². The Labute approximate surface area is 311 Å². The summed E-state index contributed by atoms with van der Waals surface area (Å²) in [5.74, 6) is 0. The zero-order chi connectivity index (χ0) is 35.1. The fourth-order valence-corrected chi connectivity index (χ4v) is 7.74. The molecule has 0 aliphatic carbocycles. The molecule has 5 heterocycles. The Hall–Kier alpha value is -4.64. The standard InChI is InChI=1S/C42H47N9S/c1-52-40-18-12-32(13-19-40)35-28-41(33-8-14-38(15-9-33)50-30-36(44-46-50)20-26-48-22-4-2-5-23-48)43-42(29-35)34-10-16-39(17-11-34)51-31-37(45-47-51)21-27-49-24-6-3-7-25-49/h8-19,28-31H,2-7,20-27H2,1H3. The number of nitrogens with zero attached hydrogens (tertiary/aromatic N) is 9. The maximum atomic E-state index is 5.20. The highest BCUT2D eigenvalue weighted by Gasteiger charge is 2.14. The molecule has 2 aliphatic rings. The highest BCUT2D eigenvalue weighted by Crippen LogP contribution is 2.32. The number of thioether (sulfide) groups is 1. The Bertz CT molecular complexity index is 1920. The summed E-state index contributed by atoms with van der Waals surface area (Å²) in [6, 6.07) is 30.1. The largest absolute Gasteiger partial charge is 0.303 e. The quantitative estimate of drug-likeness (QED) is 0.118. The van der Waals surface area contributed by atoms with Gasteiger partial charge in [0.05, 0.1) is 46.5 Å². The molecule has 0 saturated carbocycles. The van der Waals surface area contributed by atoms with Crippen LogP contribution < -0.4 is 0 Å². The summed E-state index contributed by atoms with van der Waals surface area (Å²) in [6.07, 6.45) is 16.0. The van der Waals surface area contributed by atoms with E-state index in [2.05, 4.69) is 134 Å². The van der Waals surface area contributed by atoms with Gasteiger partial charge in [0.1, 0.15) is 0 Å². The van der Waals surface area contributed by atoms with Crippen LogP contribution in [-0.2, 0) is 12.8 Å². The Morgan fingerprint density at radius 3 is 1.40 bits per heavy atom. The Kier molecular flexibility index (Phi) is 10.8. The molecule has 266 valence electrons. The second-order valence-electron chi connectivity index (χ2n) is 14.1. The molecular weight excluding hydrogens is 663 g/mol. The van der Waals surface area contributed by atoms with Gasteiger partial charge in [0, 0.05) is 42.0 Å². The molecule has 0 spiro atoms. The lowest BCUT2D eigenvalue weighted by Gasteiger charge is -2.25. The smallest absolute Gasteiger partial charge is 0.0844 e. The maximum absolute atomic E-state index is 5.20. The molecule has 0 amide bonds. The van der Waals surface area contributed by atoms with Crippen LogP contribution in [0.5, 0.6) is 0 Å². The fourth-order valence-electron chi connectivity index (χ4n) is 7.34. The number of hydrogen-bond acceptors (Lipinski definition) is 8. The lowest BCUT2D eigenvalue weighted by atomic mass is 10.00. The summed E-state index contributed by atoms with van der Waals surface area (Å²) in [4.78, 5) is 11.5. The van der Waals surface area contributed by atoms with E-state index in [0.29, 0.717) is 0 Å². The van der Waals surface area contributed by atoms with Crippen LogP contribution in [0.25, 0.3) is 45.0 Å². The van der Waals surface area contributed by atoms with E-state index >= 15 is 0 Å². The second-order valence-corrected chi connectivity index (χ2v) is 14.9. The number of rotatable bonds is 12. The summed E-state index contributed by atoms with van der Waals surface area (Å²) >= 11 is 1.75. The van der Waals surface area contributed by atoms with Crippen LogP contribution in [0.3, 0.4) is 0 Å². The van der Waals surface area contributed by atoms with E-state index in [0.717, 1.165) is 82.3 Å². The minimum atomic E-state index is 0.924. The zero-order valence-electron chi connectivity index (χ0n) is 30.1. The average Bonchev–Trinajstić information content (AvgIpc) is 3.91. The first kappa shape index (κ1) is 34.4. The van der Waals surface area contributed by atoms with Crippen molar-refractivity contribution in [3.05, 3.63) is 109 Å². The summed E-state index contributed by atoms with van der Waals surface area (Å²) < 4.78 is 3.76. The molecule has 52 heavy (non-hydrogen) atoms. The molecule has 0 bridgehead atoms. The molecular formula is C42H47N9S. The first-order valence-corrected chi connectivity index (χ1v) is 20.0. The normalized spacial score (nSPS) is 15.6. The van der Waals surface area contributed by atoms with E-state index in [-0.39, 0.29) is 0 Å². The average molecular weight is 710 g/mol. The fraction of sp³-hybridized carbons (Fsp3) is 0.357. The molecule has 2 fully saturated rings. The van der Waals surface area contributed by atoms with E-state index in [4.69, 9.17) is 4.98 Å². The highest BCUT2D eigenvalue weighted by molar-refractivity contribution is 7.98. The third-order valence-corrected chi connectivity index (χ3v) is 11.2. The summed E-state index contributed by atoms with van der Waals surface area (Å²) in [5.41, 5.74) is 10.3. The molecule has 9 nitrogen and oxygen atoms in total. The van der Waals surface area contributed by atoms with Crippen LogP contribution in [0, 0.1) is 0 Å². The second kappa shape index (κ2) is 16.4. The van der Waals surface area contributed by atoms with Gasteiger partial charge in [-0.25, -0.2) is 14.3 Å². The Morgan fingerprint density at radius 1 is 0.519 bits per heavy atom. The van der Waals surface area contributed by atoms with Gasteiger partial charge in [-0.1, -0.05) is 59.7 Å². The summed E-state index contributed by atoms with van der Waals surface area (Å²) in [5, 5.41) is 17.9. The van der Waals surface area contributed by atoms with Gasteiger partial charge in [-0.05, 0) is 118 Å². The van der Waals surface area contributed by atoms with Crippen molar-refractivity contribution in [1.29, 1.82) is 0 Å². The molecule has 10 heteroatoms. The molecule has 3 aromatic carbocycles. The maximum Gasteiger partial charge on any atom is 0.0844 e. The molecule has 0 radical (unpaired) electrons. The van der Waals surface area contributed by atoms with Gasteiger partial charge < -0.3 is 9.80 Å². The first-order chi connectivity index (χ1) is 25.7. The van der Waals surface area contributed by atoms with Crippen molar-refractivity contribution in [2.24, 2.45) is 0 Å². The van der Waals surface area contributed by atoms with Gasteiger partial charge in [-0.2, -0.15) is 0 Å². The van der Waals surface area contributed by atoms with Crippen molar-refractivity contribution in [2.45, 2.75) is 56.3 Å². The van der Waals surface area contributed by atoms with Crippen LogP contribution >= 0.6 is 11.8 Å². The van der Waals surface area contributed by atoms with Crippen molar-refractivity contribution in [1.82, 2.24) is 44.8 Å². The van der Waals surface area contributed by atoms with Crippen molar-refractivity contribution in [2.75, 3.05) is 45.5 Å². The SMILES string of the molecule is CSc1ccc(-c2cc(-c3ccc(-n4cc(CCN5CCCCC5)nn4)cc3)nc(-c3ccc(-n4cc(CCN5CCCCC5)nn4)cc3)c2)cc1. The Morgan fingerprint density at radius 2 is 0.962 bits per heavy atom. The summed E-state index contributed by atoms with van der Waals surface area (Å²) in [7, 11) is 0. The van der Waals surface area contributed by atoms with Gasteiger partial charge in [-0.15, -0.1) is 22.0 Å². The molecule has 0 N–H and O–H groups in total. The van der Waals surface area contributed by atoms with Crippen molar-refractivity contribution >= 4 is 11.8 Å². The molecule has 2 saturated heterocycles. The van der Waals surface area contributed by atoms with Crippen molar-refractivity contribution in [3.8, 4) is 45.0 Å². The third kappa shape index (κ3) is 8.36. The van der Waals surface area contributed by atoms with Crippen LogP contribution in [0.2, 0.25) is 0 Å². The van der Waals surface area contributed by atoms with Crippen LogP contribution in [0.1, 0.15) is 49.9 Å². The molecule has 2 aliphatic heterocycles. The van der Waals surface area contributed by atoms with E-state index in [1.165, 1.54) is 69.6 Å². The van der Waals surface area contributed by atoms with Gasteiger partial charge >= 0.3 is 0 Å². The van der Waals surface area contributed by atoms with Crippen LogP contribution in [0.4, 0.5) is 0 Å². The lowest BCUT2D eigenvalue weighted by Crippen LogP contribution is -2.31. The first-order valence-electron chi connectivity index (χ1n) is 18.8. The van der Waals surface area contributed by atoms with Crippen LogP contribution in [0.15, 0.2) is 102 Å². The minimum Gasteiger partial charge on any atom is -0.303 e. The lowest BCUT2D eigenvalue weighted by molar-refractivity contribution is 0.231. The van der Waals surface area contributed by atoms with E-state index in [9.17, 15) is 0 Å². The van der Waals surface area contributed by atoms with Crippen molar-refractivity contribution < 1.29 is 0 Å². The molecule has 6 aromatic rings. The monoisotopic (exact) mass is 709 g/mol. The predicted molar refractivity (Wildman–Crippen MR) is 210 cm³/mol. The number of hydrogen-bond donors (Lipinski definition) is 0. The molecule has 0 unspecified atom stereocenters. The van der Waals surface area contributed by atoms with E-state index in [1.54, 1.807) is 11.8 Å². The zero-order valence-corrected chi connectivity index (χ0v) is 30.9. The molecule has 8 rings (SSSR count). The number of likely N-dealkylation sites (tertiary alicyclic amines) is 2. The third-order valence-electron chi connectivity index (χ3n) is 10.5. The van der Waals surface area contributed by atoms with Crippen molar-refractivity contribution in [3.63, 3.8) is 0 Å².